The van der Waals surface area contributed by atoms with Crippen molar-refractivity contribution < 1.29 is 14.4 Å². The maximum Gasteiger partial charge on any atom is 0.257 e. The normalized spacial score (nSPS) is 16.8. The van der Waals surface area contributed by atoms with Crippen LogP contribution in [0, 0.1) is 12.3 Å². The molecule has 0 aliphatic carbocycles. The fraction of sp³-hybridized carbons (Fsp3) is 0.375. The minimum Gasteiger partial charge on any atom is -0.326 e. The van der Waals surface area contributed by atoms with Crippen molar-refractivity contribution in [3.63, 3.8) is 0 Å². The zero-order valence-corrected chi connectivity index (χ0v) is 18.6. The molecule has 0 spiro atoms. The molecule has 0 aromatic heterocycles. The lowest BCUT2D eigenvalue weighted by Crippen LogP contribution is -2.46. The molecule has 2 aromatic rings. The van der Waals surface area contributed by atoms with E-state index in [0.717, 1.165) is 16.0 Å². The lowest BCUT2D eigenvalue weighted by atomic mass is 9.91. The molecule has 3 amide bonds. The van der Waals surface area contributed by atoms with Gasteiger partial charge in [-0.15, -0.1) is 0 Å². The Hall–Kier alpha value is -2.66. The van der Waals surface area contributed by atoms with Crippen molar-refractivity contribution in [3.05, 3.63) is 64.7 Å². The van der Waals surface area contributed by atoms with Crippen LogP contribution in [0.2, 0.25) is 5.02 Å². The van der Waals surface area contributed by atoms with E-state index in [0.29, 0.717) is 10.7 Å². The number of imide groups is 1. The van der Waals surface area contributed by atoms with Crippen LogP contribution in [0.25, 0.3) is 0 Å². The maximum atomic E-state index is 13.2. The molecule has 1 fully saturated rings. The van der Waals surface area contributed by atoms with Crippen LogP contribution in [-0.2, 0) is 20.9 Å². The Bertz CT molecular complexity index is 946. The molecule has 30 heavy (non-hydrogen) atoms. The first-order chi connectivity index (χ1) is 14.0. The van der Waals surface area contributed by atoms with Crippen molar-refractivity contribution in [1.82, 2.24) is 4.90 Å². The molecule has 0 N–H and O–H groups in total. The van der Waals surface area contributed by atoms with Crippen LogP contribution in [-0.4, -0.2) is 28.7 Å². The van der Waals surface area contributed by atoms with E-state index in [4.69, 9.17) is 11.6 Å². The second-order valence-corrected chi connectivity index (χ2v) is 9.44. The van der Waals surface area contributed by atoms with Crippen molar-refractivity contribution in [3.8, 4) is 0 Å². The van der Waals surface area contributed by atoms with Crippen molar-refractivity contribution >= 4 is 35.0 Å². The second kappa shape index (κ2) is 8.60. The fourth-order valence-corrected chi connectivity index (χ4v) is 3.66. The molecule has 1 aliphatic rings. The van der Waals surface area contributed by atoms with Gasteiger partial charge in [-0.05, 0) is 42.2 Å². The summed E-state index contributed by atoms with van der Waals surface area (Å²) in [5.41, 5.74) is 2.28. The molecule has 1 aliphatic heterocycles. The maximum absolute atomic E-state index is 13.2. The monoisotopic (exact) mass is 426 g/mol. The number of benzene rings is 2. The molecule has 2 aromatic carbocycles. The molecule has 0 saturated carbocycles. The number of carbonyl (C=O) groups is 3. The molecule has 1 unspecified atom stereocenters. The van der Waals surface area contributed by atoms with E-state index in [9.17, 15) is 14.4 Å². The molecule has 1 saturated heterocycles. The minimum absolute atomic E-state index is 0.0246. The van der Waals surface area contributed by atoms with Crippen LogP contribution in [0.3, 0.4) is 0 Å². The molecule has 3 rings (SSSR count). The van der Waals surface area contributed by atoms with Crippen LogP contribution >= 0.6 is 11.6 Å². The fourth-order valence-electron chi connectivity index (χ4n) is 3.54. The largest absolute Gasteiger partial charge is 0.326 e. The van der Waals surface area contributed by atoms with Gasteiger partial charge in [0.15, 0.2) is 0 Å². The molecular formula is C24H27ClN2O3. The summed E-state index contributed by atoms with van der Waals surface area (Å²) >= 11 is 5.93. The van der Waals surface area contributed by atoms with E-state index in [-0.39, 0.29) is 42.5 Å². The zero-order valence-electron chi connectivity index (χ0n) is 17.8. The quantitative estimate of drug-likeness (QED) is 0.648. The number of nitrogens with zero attached hydrogens (tertiary/aromatic N) is 2. The predicted molar refractivity (Wildman–Crippen MR) is 118 cm³/mol. The highest BCUT2D eigenvalue weighted by molar-refractivity contribution is 6.30. The van der Waals surface area contributed by atoms with Crippen LogP contribution < -0.4 is 4.90 Å². The summed E-state index contributed by atoms with van der Waals surface area (Å²) in [6.07, 6.45) is 0.265. The molecule has 0 bridgehead atoms. The van der Waals surface area contributed by atoms with E-state index in [1.54, 1.807) is 29.2 Å². The van der Waals surface area contributed by atoms with E-state index in [1.165, 1.54) is 0 Å². The van der Waals surface area contributed by atoms with Gasteiger partial charge in [0.1, 0.15) is 6.04 Å². The van der Waals surface area contributed by atoms with Gasteiger partial charge in [-0.3, -0.25) is 14.4 Å². The lowest BCUT2D eigenvalue weighted by Gasteiger charge is -2.30. The molecule has 5 nitrogen and oxygen atoms in total. The molecule has 1 heterocycles. The number of aryl methyl sites for hydroxylation is 1. The molecule has 0 radical (unpaired) electrons. The molecule has 158 valence electrons. The van der Waals surface area contributed by atoms with Gasteiger partial charge in [-0.25, -0.2) is 4.90 Å². The summed E-state index contributed by atoms with van der Waals surface area (Å²) in [7, 11) is 0. The molecule has 6 heteroatoms. The van der Waals surface area contributed by atoms with Crippen LogP contribution in [0.5, 0.6) is 0 Å². The van der Waals surface area contributed by atoms with E-state index >= 15 is 0 Å². The van der Waals surface area contributed by atoms with Crippen LogP contribution in [0.1, 0.15) is 44.7 Å². The van der Waals surface area contributed by atoms with Crippen molar-refractivity contribution in [2.75, 3.05) is 4.90 Å². The first-order valence-electron chi connectivity index (χ1n) is 10.0. The first kappa shape index (κ1) is 22.0. The Balaban J connectivity index is 1.90. The van der Waals surface area contributed by atoms with E-state index in [1.807, 2.05) is 52.0 Å². The Morgan fingerprint density at radius 2 is 1.67 bits per heavy atom. The van der Waals surface area contributed by atoms with Gasteiger partial charge < -0.3 is 4.90 Å². The molecule has 1 atom stereocenters. The standard InChI is InChI=1S/C24H27ClN2O3/c1-16-5-7-17(8-6-16)15-26(22(29)14-24(2,3)4)20-13-21(28)27(23(20)30)19-11-9-18(25)10-12-19/h5-12,20H,13-15H2,1-4H3. The van der Waals surface area contributed by atoms with Crippen LogP contribution in [0.15, 0.2) is 48.5 Å². The number of anilines is 1. The highest BCUT2D eigenvalue weighted by Crippen LogP contribution is 2.30. The number of amides is 3. The SMILES string of the molecule is Cc1ccc(CN(C(=O)CC(C)(C)C)C2CC(=O)N(c3ccc(Cl)cc3)C2=O)cc1. The summed E-state index contributed by atoms with van der Waals surface area (Å²) in [5.74, 6) is -0.825. The third kappa shape index (κ3) is 5.08. The number of hydrogen-bond acceptors (Lipinski definition) is 3. The number of rotatable bonds is 5. The summed E-state index contributed by atoms with van der Waals surface area (Å²) in [5, 5.41) is 0.524. The van der Waals surface area contributed by atoms with E-state index < -0.39 is 6.04 Å². The van der Waals surface area contributed by atoms with Gasteiger partial charge in [0.25, 0.3) is 5.91 Å². The zero-order chi connectivity index (χ0) is 22.1. The van der Waals surface area contributed by atoms with E-state index in [2.05, 4.69) is 0 Å². The number of hydrogen-bond donors (Lipinski definition) is 0. The van der Waals surface area contributed by atoms with Gasteiger partial charge in [-0.1, -0.05) is 62.2 Å². The van der Waals surface area contributed by atoms with Crippen LogP contribution in [0.4, 0.5) is 5.69 Å². The lowest BCUT2D eigenvalue weighted by molar-refractivity contribution is -0.140. The minimum atomic E-state index is -0.815. The third-order valence-electron chi connectivity index (χ3n) is 5.06. The van der Waals surface area contributed by atoms with Gasteiger partial charge in [0.05, 0.1) is 12.1 Å². The Morgan fingerprint density at radius 3 is 2.23 bits per heavy atom. The predicted octanol–water partition coefficient (Wildman–Crippen LogP) is 4.75. The Labute approximate surface area is 182 Å². The second-order valence-electron chi connectivity index (χ2n) is 9.01. The van der Waals surface area contributed by atoms with Gasteiger partial charge in [0, 0.05) is 18.0 Å². The summed E-state index contributed by atoms with van der Waals surface area (Å²) in [6, 6.07) is 13.6. The topological polar surface area (TPSA) is 57.7 Å². The smallest absolute Gasteiger partial charge is 0.257 e. The summed E-state index contributed by atoms with van der Waals surface area (Å²) < 4.78 is 0. The summed E-state index contributed by atoms with van der Waals surface area (Å²) in [4.78, 5) is 41.9. The van der Waals surface area contributed by atoms with Gasteiger partial charge in [-0.2, -0.15) is 0 Å². The van der Waals surface area contributed by atoms with Crippen molar-refractivity contribution in [2.45, 2.75) is 53.1 Å². The average Bonchev–Trinajstić information content (AvgIpc) is 2.94. The average molecular weight is 427 g/mol. The van der Waals surface area contributed by atoms with Crippen molar-refractivity contribution in [2.24, 2.45) is 5.41 Å². The highest BCUT2D eigenvalue weighted by atomic mass is 35.5. The first-order valence-corrected chi connectivity index (χ1v) is 10.4. The Kier molecular flexibility index (Phi) is 6.32. The van der Waals surface area contributed by atoms with Gasteiger partial charge in [0.2, 0.25) is 11.8 Å². The highest BCUT2D eigenvalue weighted by Gasteiger charge is 2.44. The number of carbonyl (C=O) groups excluding carboxylic acids is 3. The van der Waals surface area contributed by atoms with Gasteiger partial charge >= 0.3 is 0 Å². The summed E-state index contributed by atoms with van der Waals surface area (Å²) in [6.45, 7) is 8.23. The Morgan fingerprint density at radius 1 is 1.07 bits per heavy atom. The third-order valence-corrected chi connectivity index (χ3v) is 5.31. The number of halogens is 1. The van der Waals surface area contributed by atoms with Crippen molar-refractivity contribution in [1.29, 1.82) is 0 Å². The molecular weight excluding hydrogens is 400 g/mol.